The van der Waals surface area contributed by atoms with Crippen LogP contribution in [0.25, 0.3) is 0 Å². The number of nitrogens with zero attached hydrogens (tertiary/aromatic N) is 1. The van der Waals surface area contributed by atoms with Crippen molar-refractivity contribution in [3.8, 4) is 5.75 Å². The van der Waals surface area contributed by atoms with Gasteiger partial charge in [-0.25, -0.2) is 0 Å². The van der Waals surface area contributed by atoms with Crippen LogP contribution in [0.3, 0.4) is 0 Å². The maximum absolute atomic E-state index is 13.1. The fourth-order valence-corrected chi connectivity index (χ4v) is 3.92. The van der Waals surface area contributed by atoms with Gasteiger partial charge < -0.3 is 19.7 Å². The average molecular weight is 467 g/mol. The van der Waals surface area contributed by atoms with Crippen molar-refractivity contribution in [3.63, 3.8) is 0 Å². The number of carbonyl (C=O) groups is 3. The van der Waals surface area contributed by atoms with Gasteiger partial charge in [0, 0.05) is 13.1 Å². The van der Waals surface area contributed by atoms with Gasteiger partial charge in [-0.05, 0) is 48.9 Å². The average Bonchev–Trinajstić information content (AvgIpc) is 2.83. The van der Waals surface area contributed by atoms with Gasteiger partial charge in [-0.1, -0.05) is 56.3 Å². The summed E-state index contributed by atoms with van der Waals surface area (Å²) in [6.07, 6.45) is 0.518. The number of amides is 2. The first-order valence-corrected chi connectivity index (χ1v) is 11.9. The van der Waals surface area contributed by atoms with E-state index in [-0.39, 0.29) is 24.8 Å². The predicted octanol–water partition coefficient (Wildman–Crippen LogP) is 3.47. The fraction of sp³-hybridized carbons (Fsp3) is 0.444. The molecule has 1 heterocycles. The molecule has 0 saturated carbocycles. The van der Waals surface area contributed by atoms with Crippen LogP contribution in [0.1, 0.15) is 50.7 Å². The van der Waals surface area contributed by atoms with Gasteiger partial charge in [0.05, 0.1) is 13.0 Å². The third-order valence-corrected chi connectivity index (χ3v) is 5.90. The lowest BCUT2D eigenvalue weighted by Crippen LogP contribution is -2.60. The van der Waals surface area contributed by atoms with Crippen LogP contribution in [0.2, 0.25) is 0 Å². The van der Waals surface area contributed by atoms with Gasteiger partial charge in [0.15, 0.2) is 6.10 Å². The van der Waals surface area contributed by atoms with Crippen LogP contribution in [0.5, 0.6) is 5.75 Å². The van der Waals surface area contributed by atoms with Crippen molar-refractivity contribution < 1.29 is 23.9 Å². The molecule has 0 aromatic heterocycles. The molecule has 2 aromatic rings. The Morgan fingerprint density at radius 2 is 1.76 bits per heavy atom. The Balaban J connectivity index is 1.52. The quantitative estimate of drug-likeness (QED) is 0.428. The Morgan fingerprint density at radius 3 is 2.44 bits per heavy atom. The second kappa shape index (κ2) is 12.2. The molecule has 1 aliphatic rings. The van der Waals surface area contributed by atoms with E-state index in [2.05, 4.69) is 19.2 Å². The third-order valence-electron chi connectivity index (χ3n) is 5.90. The molecular weight excluding hydrogens is 432 g/mol. The van der Waals surface area contributed by atoms with Crippen LogP contribution in [-0.4, -0.2) is 54.5 Å². The van der Waals surface area contributed by atoms with Gasteiger partial charge in [0.25, 0.3) is 5.91 Å². The molecule has 2 unspecified atom stereocenters. The van der Waals surface area contributed by atoms with Crippen molar-refractivity contribution in [1.82, 2.24) is 10.2 Å². The van der Waals surface area contributed by atoms with Crippen LogP contribution in [0.4, 0.5) is 0 Å². The molecule has 2 amide bonds. The summed E-state index contributed by atoms with van der Waals surface area (Å²) >= 11 is 0. The molecule has 1 saturated heterocycles. The van der Waals surface area contributed by atoms with E-state index in [0.717, 1.165) is 6.42 Å². The Labute approximate surface area is 201 Å². The van der Waals surface area contributed by atoms with E-state index in [1.807, 2.05) is 54.6 Å². The Hall–Kier alpha value is -3.35. The molecule has 7 nitrogen and oxygen atoms in total. The first kappa shape index (κ1) is 25.3. The van der Waals surface area contributed by atoms with Crippen LogP contribution in [0, 0.1) is 0 Å². The van der Waals surface area contributed by atoms with Crippen LogP contribution >= 0.6 is 0 Å². The number of benzene rings is 2. The summed E-state index contributed by atoms with van der Waals surface area (Å²) in [5.74, 6) is -0.190. The highest BCUT2D eigenvalue weighted by Gasteiger charge is 2.37. The van der Waals surface area contributed by atoms with Crippen molar-refractivity contribution in [3.05, 3.63) is 65.7 Å². The number of hydrogen-bond donors (Lipinski definition) is 1. The summed E-state index contributed by atoms with van der Waals surface area (Å²) in [5.41, 5.74) is 2.36. The van der Waals surface area contributed by atoms with E-state index in [9.17, 15) is 14.4 Å². The van der Waals surface area contributed by atoms with Crippen molar-refractivity contribution in [2.75, 3.05) is 19.7 Å². The van der Waals surface area contributed by atoms with E-state index in [4.69, 9.17) is 9.47 Å². The molecule has 7 heteroatoms. The van der Waals surface area contributed by atoms with Gasteiger partial charge in [0.1, 0.15) is 11.8 Å². The van der Waals surface area contributed by atoms with Gasteiger partial charge in [-0.15, -0.1) is 0 Å². The monoisotopic (exact) mass is 466 g/mol. The summed E-state index contributed by atoms with van der Waals surface area (Å²) < 4.78 is 11.2. The second-order valence-electron chi connectivity index (χ2n) is 8.84. The molecule has 0 radical (unpaired) electrons. The summed E-state index contributed by atoms with van der Waals surface area (Å²) in [4.78, 5) is 39.4. The van der Waals surface area contributed by atoms with Gasteiger partial charge >= 0.3 is 5.97 Å². The number of nitrogens with one attached hydrogen (secondary N) is 1. The Bertz CT molecular complexity index is 959. The van der Waals surface area contributed by atoms with E-state index >= 15 is 0 Å². The SMILES string of the molecule is CC(Oc1ccc(C(C)C)cc1)C(=O)N1CCNC(=O)C1CC(=O)OCCCc1ccccc1. The molecule has 0 aliphatic carbocycles. The predicted molar refractivity (Wildman–Crippen MR) is 129 cm³/mol. The summed E-state index contributed by atoms with van der Waals surface area (Å²) in [5, 5.41) is 2.74. The first-order valence-electron chi connectivity index (χ1n) is 11.9. The number of ether oxygens (including phenoxy) is 2. The maximum Gasteiger partial charge on any atom is 0.308 e. The Morgan fingerprint density at radius 1 is 1.06 bits per heavy atom. The lowest BCUT2D eigenvalue weighted by Gasteiger charge is -2.36. The number of rotatable bonds is 10. The third kappa shape index (κ3) is 7.07. The topological polar surface area (TPSA) is 84.9 Å². The zero-order valence-electron chi connectivity index (χ0n) is 20.2. The molecule has 3 rings (SSSR count). The smallest absolute Gasteiger partial charge is 0.308 e. The molecule has 1 aliphatic heterocycles. The van der Waals surface area contributed by atoms with Crippen molar-refractivity contribution in [2.24, 2.45) is 0 Å². The summed E-state index contributed by atoms with van der Waals surface area (Å²) in [6.45, 7) is 6.79. The van der Waals surface area contributed by atoms with E-state index in [1.54, 1.807) is 6.92 Å². The van der Waals surface area contributed by atoms with Gasteiger partial charge in [-0.2, -0.15) is 0 Å². The van der Waals surface area contributed by atoms with Gasteiger partial charge in [-0.3, -0.25) is 14.4 Å². The lowest BCUT2D eigenvalue weighted by atomic mass is 10.0. The van der Waals surface area contributed by atoms with E-state index in [1.165, 1.54) is 16.0 Å². The van der Waals surface area contributed by atoms with Gasteiger partial charge in [0.2, 0.25) is 5.91 Å². The van der Waals surface area contributed by atoms with E-state index < -0.39 is 18.1 Å². The number of carbonyl (C=O) groups excluding carboxylic acids is 3. The maximum atomic E-state index is 13.1. The molecule has 182 valence electrons. The van der Waals surface area contributed by atoms with Crippen LogP contribution in [-0.2, 0) is 25.5 Å². The highest BCUT2D eigenvalue weighted by atomic mass is 16.5. The zero-order valence-corrected chi connectivity index (χ0v) is 20.2. The number of aryl methyl sites for hydroxylation is 1. The highest BCUT2D eigenvalue weighted by Crippen LogP contribution is 2.21. The molecule has 2 aromatic carbocycles. The minimum atomic E-state index is -0.905. The summed E-state index contributed by atoms with van der Waals surface area (Å²) in [6, 6.07) is 16.7. The number of esters is 1. The minimum Gasteiger partial charge on any atom is -0.481 e. The van der Waals surface area contributed by atoms with Crippen molar-refractivity contribution in [2.45, 2.75) is 58.1 Å². The molecule has 1 fully saturated rings. The number of hydrogen-bond acceptors (Lipinski definition) is 5. The molecule has 1 N–H and O–H groups in total. The molecular formula is C27H34N2O5. The van der Waals surface area contributed by atoms with Crippen LogP contribution < -0.4 is 10.1 Å². The summed E-state index contributed by atoms with van der Waals surface area (Å²) in [7, 11) is 0. The number of piperazine rings is 1. The zero-order chi connectivity index (χ0) is 24.5. The largest absolute Gasteiger partial charge is 0.481 e. The van der Waals surface area contributed by atoms with E-state index in [0.29, 0.717) is 31.2 Å². The fourth-order valence-electron chi connectivity index (χ4n) is 3.92. The molecule has 34 heavy (non-hydrogen) atoms. The van der Waals surface area contributed by atoms with Crippen LogP contribution in [0.15, 0.2) is 54.6 Å². The first-order chi connectivity index (χ1) is 16.3. The standard InChI is InChI=1S/C27H34N2O5/c1-19(2)22-11-13-23(14-12-22)34-20(3)27(32)29-16-15-28-26(31)24(29)18-25(30)33-17-7-10-21-8-5-4-6-9-21/h4-6,8-9,11-14,19-20,24H,7,10,15-18H2,1-3H3,(H,28,31). The second-order valence-corrected chi connectivity index (χ2v) is 8.84. The minimum absolute atomic E-state index is 0.182. The Kier molecular flexibility index (Phi) is 9.08. The normalized spacial score (nSPS) is 16.6. The molecule has 0 spiro atoms. The molecule has 2 atom stereocenters. The highest BCUT2D eigenvalue weighted by molar-refractivity contribution is 5.93. The lowest BCUT2D eigenvalue weighted by molar-refractivity contribution is -0.154. The molecule has 0 bridgehead atoms. The van der Waals surface area contributed by atoms with Crippen molar-refractivity contribution >= 4 is 17.8 Å². The van der Waals surface area contributed by atoms with Crippen molar-refractivity contribution in [1.29, 1.82) is 0 Å².